The third-order valence-electron chi connectivity index (χ3n) is 10.2. The Morgan fingerprint density at radius 2 is 1.63 bits per heavy atom. The summed E-state index contributed by atoms with van der Waals surface area (Å²) in [5.74, 6) is 3.71. The van der Waals surface area contributed by atoms with Crippen LogP contribution in [0.2, 0.25) is 0 Å². The second kappa shape index (κ2) is 7.29. The van der Waals surface area contributed by atoms with Gasteiger partial charge in [-0.15, -0.1) is 0 Å². The van der Waals surface area contributed by atoms with Gasteiger partial charge in [0.1, 0.15) is 0 Å². The summed E-state index contributed by atoms with van der Waals surface area (Å²) in [5, 5.41) is 30.7. The summed E-state index contributed by atoms with van der Waals surface area (Å²) in [6.45, 7) is 7.74. The second-order valence-electron chi connectivity index (χ2n) is 11.3. The van der Waals surface area contributed by atoms with E-state index in [1.807, 2.05) is 0 Å². The van der Waals surface area contributed by atoms with Gasteiger partial charge in [0.15, 0.2) is 0 Å². The van der Waals surface area contributed by atoms with Gasteiger partial charge < -0.3 is 15.3 Å². The Morgan fingerprint density at radius 1 is 0.926 bits per heavy atom. The standard InChI is InChI=1S/C24H42O3/c1-15(5-4-12-25)18-6-7-19-22-20(9-11-24(18,19)3)23(2)10-8-17(26)13-16(23)14-21(22)27/h15-22,25-27H,4-14H2,1-3H3/t15-,16+,17+,18-,19+,20+,21+,22+,23+,24-/m1/s1. The zero-order valence-electron chi connectivity index (χ0n) is 17.7. The summed E-state index contributed by atoms with van der Waals surface area (Å²) >= 11 is 0. The molecule has 4 fully saturated rings. The van der Waals surface area contributed by atoms with E-state index in [4.69, 9.17) is 0 Å². The van der Waals surface area contributed by atoms with E-state index < -0.39 is 0 Å². The first-order chi connectivity index (χ1) is 12.8. The molecule has 0 aromatic rings. The molecule has 0 bridgehead atoms. The topological polar surface area (TPSA) is 60.7 Å². The molecule has 4 aliphatic carbocycles. The average molecular weight is 379 g/mol. The zero-order valence-corrected chi connectivity index (χ0v) is 17.7. The fraction of sp³-hybridized carbons (Fsp3) is 1.00. The molecule has 3 nitrogen and oxygen atoms in total. The molecule has 3 N–H and O–H groups in total. The summed E-state index contributed by atoms with van der Waals surface area (Å²) in [7, 11) is 0. The van der Waals surface area contributed by atoms with Crippen LogP contribution in [0.15, 0.2) is 0 Å². The molecule has 10 atom stereocenters. The predicted octanol–water partition coefficient (Wildman–Crippen LogP) is 4.39. The highest BCUT2D eigenvalue weighted by Crippen LogP contribution is 2.68. The van der Waals surface area contributed by atoms with E-state index in [9.17, 15) is 15.3 Å². The fourth-order valence-corrected chi connectivity index (χ4v) is 8.79. The van der Waals surface area contributed by atoms with E-state index in [1.54, 1.807) is 0 Å². The molecule has 0 spiro atoms. The summed E-state index contributed by atoms with van der Waals surface area (Å²) in [6.07, 6.45) is 10.8. The quantitative estimate of drug-likeness (QED) is 0.680. The van der Waals surface area contributed by atoms with Crippen LogP contribution in [-0.4, -0.2) is 34.1 Å². The largest absolute Gasteiger partial charge is 0.396 e. The van der Waals surface area contributed by atoms with Crippen molar-refractivity contribution in [2.75, 3.05) is 6.61 Å². The van der Waals surface area contributed by atoms with Gasteiger partial charge in [0, 0.05) is 6.61 Å². The number of rotatable bonds is 4. The van der Waals surface area contributed by atoms with E-state index in [0.29, 0.717) is 47.0 Å². The Bertz CT molecular complexity index is 536. The second-order valence-corrected chi connectivity index (χ2v) is 11.3. The first-order valence-corrected chi connectivity index (χ1v) is 11.8. The van der Waals surface area contributed by atoms with Gasteiger partial charge in [-0.1, -0.05) is 20.8 Å². The van der Waals surface area contributed by atoms with Crippen molar-refractivity contribution in [2.24, 2.45) is 46.3 Å². The number of hydrogen-bond acceptors (Lipinski definition) is 3. The van der Waals surface area contributed by atoms with Crippen LogP contribution in [0.1, 0.15) is 85.0 Å². The number of fused-ring (bicyclic) bond motifs is 5. The highest BCUT2D eigenvalue weighted by atomic mass is 16.3. The van der Waals surface area contributed by atoms with Gasteiger partial charge in [-0.05, 0) is 111 Å². The molecule has 0 saturated heterocycles. The van der Waals surface area contributed by atoms with Crippen molar-refractivity contribution in [1.82, 2.24) is 0 Å². The zero-order chi connectivity index (χ0) is 19.4. The number of aliphatic hydroxyl groups excluding tert-OH is 3. The Morgan fingerprint density at radius 3 is 2.37 bits per heavy atom. The summed E-state index contributed by atoms with van der Waals surface area (Å²) in [5.41, 5.74) is 0.694. The highest BCUT2D eigenvalue weighted by molar-refractivity contribution is 5.11. The third-order valence-corrected chi connectivity index (χ3v) is 10.2. The Labute approximate surface area is 165 Å². The van der Waals surface area contributed by atoms with Crippen LogP contribution in [-0.2, 0) is 0 Å². The maximum Gasteiger partial charge on any atom is 0.0577 e. The maximum atomic E-state index is 11.3. The smallest absolute Gasteiger partial charge is 0.0577 e. The van der Waals surface area contributed by atoms with Crippen molar-refractivity contribution in [3.8, 4) is 0 Å². The van der Waals surface area contributed by atoms with Crippen molar-refractivity contribution >= 4 is 0 Å². The molecule has 4 rings (SSSR count). The Kier molecular flexibility index (Phi) is 5.44. The molecule has 0 unspecified atom stereocenters. The summed E-state index contributed by atoms with van der Waals surface area (Å²) < 4.78 is 0. The molecule has 0 radical (unpaired) electrons. The van der Waals surface area contributed by atoms with Crippen LogP contribution in [0.3, 0.4) is 0 Å². The Balaban J connectivity index is 1.57. The molecule has 0 aliphatic heterocycles. The normalized spacial score (nSPS) is 53.3. The molecule has 0 aromatic heterocycles. The fourth-order valence-electron chi connectivity index (χ4n) is 8.79. The van der Waals surface area contributed by atoms with Crippen molar-refractivity contribution < 1.29 is 15.3 Å². The number of aliphatic hydroxyl groups is 3. The van der Waals surface area contributed by atoms with E-state index >= 15 is 0 Å². The monoisotopic (exact) mass is 378 g/mol. The van der Waals surface area contributed by atoms with Crippen molar-refractivity contribution in [2.45, 2.75) is 97.2 Å². The minimum Gasteiger partial charge on any atom is -0.396 e. The van der Waals surface area contributed by atoms with Crippen molar-refractivity contribution in [3.63, 3.8) is 0 Å². The maximum absolute atomic E-state index is 11.3. The van der Waals surface area contributed by atoms with Gasteiger partial charge in [0.05, 0.1) is 12.2 Å². The lowest BCUT2D eigenvalue weighted by Gasteiger charge is -2.62. The van der Waals surface area contributed by atoms with Gasteiger partial charge in [-0.2, -0.15) is 0 Å². The molecule has 4 saturated carbocycles. The Hall–Kier alpha value is -0.120. The molecule has 0 heterocycles. The van der Waals surface area contributed by atoms with Gasteiger partial charge in [-0.25, -0.2) is 0 Å². The van der Waals surface area contributed by atoms with E-state index in [0.717, 1.165) is 44.4 Å². The van der Waals surface area contributed by atoms with Crippen molar-refractivity contribution in [1.29, 1.82) is 0 Å². The molecule has 4 aliphatic rings. The summed E-state index contributed by atoms with van der Waals surface area (Å²) in [4.78, 5) is 0. The van der Waals surface area contributed by atoms with Gasteiger partial charge >= 0.3 is 0 Å². The van der Waals surface area contributed by atoms with Gasteiger partial charge in [0.2, 0.25) is 0 Å². The van der Waals surface area contributed by atoms with Crippen LogP contribution >= 0.6 is 0 Å². The van der Waals surface area contributed by atoms with Crippen LogP contribution in [0.5, 0.6) is 0 Å². The van der Waals surface area contributed by atoms with Gasteiger partial charge in [0.25, 0.3) is 0 Å². The van der Waals surface area contributed by atoms with E-state index in [-0.39, 0.29) is 12.2 Å². The van der Waals surface area contributed by atoms with Crippen LogP contribution in [0.25, 0.3) is 0 Å². The van der Waals surface area contributed by atoms with E-state index in [1.165, 1.54) is 25.7 Å². The van der Waals surface area contributed by atoms with E-state index in [2.05, 4.69) is 20.8 Å². The third kappa shape index (κ3) is 3.11. The van der Waals surface area contributed by atoms with Crippen LogP contribution in [0, 0.1) is 46.3 Å². The highest BCUT2D eigenvalue weighted by Gasteiger charge is 2.62. The lowest BCUT2D eigenvalue weighted by Crippen LogP contribution is -2.58. The molecule has 0 aromatic carbocycles. The lowest BCUT2D eigenvalue weighted by atomic mass is 9.43. The summed E-state index contributed by atoms with van der Waals surface area (Å²) in [6, 6.07) is 0. The lowest BCUT2D eigenvalue weighted by molar-refractivity contribution is -0.174. The van der Waals surface area contributed by atoms with Crippen LogP contribution < -0.4 is 0 Å². The van der Waals surface area contributed by atoms with Crippen LogP contribution in [0.4, 0.5) is 0 Å². The molecule has 156 valence electrons. The first kappa shape index (κ1) is 20.2. The molecule has 27 heavy (non-hydrogen) atoms. The predicted molar refractivity (Wildman–Crippen MR) is 108 cm³/mol. The molecule has 3 heteroatoms. The van der Waals surface area contributed by atoms with Crippen molar-refractivity contribution in [3.05, 3.63) is 0 Å². The minimum atomic E-state index is -0.172. The SMILES string of the molecule is C[C@H](CCCO)[C@H]1CC[C@H]2[C@@H]3[C@@H](O)C[C@@H]4C[C@@H](O)CC[C@]4(C)[C@H]3CC[C@]12C. The average Bonchev–Trinajstić information content (AvgIpc) is 2.98. The number of hydrogen-bond donors (Lipinski definition) is 3. The van der Waals surface area contributed by atoms with Gasteiger partial charge in [-0.3, -0.25) is 0 Å². The first-order valence-electron chi connectivity index (χ1n) is 11.8. The molecular weight excluding hydrogens is 336 g/mol. The molecule has 0 amide bonds. The minimum absolute atomic E-state index is 0.149. The molecular formula is C24H42O3.